The molecule has 0 fully saturated rings. The van der Waals surface area contributed by atoms with Crippen molar-refractivity contribution in [3.8, 4) is 5.75 Å². The predicted octanol–water partition coefficient (Wildman–Crippen LogP) is 5.73. The van der Waals surface area contributed by atoms with Gasteiger partial charge in [0.15, 0.2) is 6.61 Å². The zero-order valence-corrected chi connectivity index (χ0v) is 16.2. The molecule has 0 spiro atoms. The Bertz CT molecular complexity index is 898. The Morgan fingerprint density at radius 1 is 1.08 bits per heavy atom. The molecule has 0 aliphatic rings. The van der Waals surface area contributed by atoms with E-state index in [9.17, 15) is 4.79 Å². The molecule has 0 radical (unpaired) electrons. The molecule has 1 amide bonds. The van der Waals surface area contributed by atoms with Crippen molar-refractivity contribution in [1.82, 2.24) is 0 Å². The topological polar surface area (TPSA) is 38.3 Å². The van der Waals surface area contributed by atoms with E-state index in [0.29, 0.717) is 5.75 Å². The first-order valence-electron chi connectivity index (χ1n) is 8.00. The molecule has 0 unspecified atom stereocenters. The molecule has 3 aromatic rings. The highest BCUT2D eigenvalue weighted by Crippen LogP contribution is 2.33. The van der Waals surface area contributed by atoms with Crippen LogP contribution < -0.4 is 10.1 Å². The average molecular weight is 416 g/mol. The van der Waals surface area contributed by atoms with Crippen molar-refractivity contribution in [3.05, 3.63) is 65.1 Å². The highest BCUT2D eigenvalue weighted by Gasteiger charge is 2.10. The van der Waals surface area contributed by atoms with Crippen LogP contribution in [0.3, 0.4) is 0 Å². The maximum Gasteiger partial charge on any atom is 0.262 e. The summed E-state index contributed by atoms with van der Waals surface area (Å²) in [6.45, 7) is 2.05. The molecule has 3 aromatic carbocycles. The van der Waals surface area contributed by atoms with Gasteiger partial charge in [0, 0.05) is 4.90 Å². The van der Waals surface area contributed by atoms with Crippen molar-refractivity contribution in [1.29, 1.82) is 0 Å². The van der Waals surface area contributed by atoms with Gasteiger partial charge in [-0.15, -0.1) is 11.8 Å². The molecule has 0 saturated heterocycles. The van der Waals surface area contributed by atoms with Crippen molar-refractivity contribution in [2.24, 2.45) is 0 Å². The van der Waals surface area contributed by atoms with Gasteiger partial charge >= 0.3 is 0 Å². The third kappa shape index (κ3) is 4.35. The summed E-state index contributed by atoms with van der Waals surface area (Å²) in [5.41, 5.74) is 0.820. The Kier molecular flexibility index (Phi) is 6.00. The minimum atomic E-state index is -0.177. The number of rotatable bonds is 6. The lowest BCUT2D eigenvalue weighted by atomic mass is 10.1. The number of amides is 1. The monoisotopic (exact) mass is 415 g/mol. The molecule has 0 aromatic heterocycles. The van der Waals surface area contributed by atoms with Crippen LogP contribution >= 0.6 is 27.7 Å². The molecule has 25 heavy (non-hydrogen) atoms. The zero-order valence-electron chi connectivity index (χ0n) is 13.8. The average Bonchev–Trinajstić information content (AvgIpc) is 2.63. The predicted molar refractivity (Wildman–Crippen MR) is 109 cm³/mol. The number of ether oxygens (including phenoxy) is 1. The van der Waals surface area contributed by atoms with Crippen LogP contribution in [0.1, 0.15) is 6.92 Å². The largest absolute Gasteiger partial charge is 0.483 e. The van der Waals surface area contributed by atoms with E-state index >= 15 is 0 Å². The number of hydrogen-bond donors (Lipinski definition) is 1. The van der Waals surface area contributed by atoms with Crippen molar-refractivity contribution >= 4 is 50.1 Å². The summed E-state index contributed by atoms with van der Waals surface area (Å²) in [4.78, 5) is 13.3. The molecule has 0 atom stereocenters. The summed E-state index contributed by atoms with van der Waals surface area (Å²) in [5.74, 6) is 1.43. The fourth-order valence-electron chi connectivity index (χ4n) is 2.51. The lowest BCUT2D eigenvalue weighted by Crippen LogP contribution is -2.20. The Balaban J connectivity index is 1.68. The van der Waals surface area contributed by atoms with Crippen molar-refractivity contribution in [2.75, 3.05) is 17.7 Å². The third-order valence-corrected chi connectivity index (χ3v) is 5.42. The molecular formula is C20H18BrNO2S. The first kappa shape index (κ1) is 17.8. The van der Waals surface area contributed by atoms with Gasteiger partial charge in [-0.25, -0.2) is 0 Å². The van der Waals surface area contributed by atoms with E-state index in [1.807, 2.05) is 60.7 Å². The summed E-state index contributed by atoms with van der Waals surface area (Å²) < 4.78 is 6.57. The normalized spacial score (nSPS) is 10.6. The first-order valence-corrected chi connectivity index (χ1v) is 9.78. The number of halogens is 1. The molecule has 5 heteroatoms. The molecule has 0 heterocycles. The van der Waals surface area contributed by atoms with Gasteiger partial charge in [0.2, 0.25) is 0 Å². The lowest BCUT2D eigenvalue weighted by molar-refractivity contribution is -0.118. The van der Waals surface area contributed by atoms with Crippen LogP contribution in [0, 0.1) is 0 Å². The van der Waals surface area contributed by atoms with Crippen LogP contribution in [-0.4, -0.2) is 18.3 Å². The molecule has 1 N–H and O–H groups in total. The molecule has 0 aliphatic carbocycles. The molecular weight excluding hydrogens is 398 g/mol. The van der Waals surface area contributed by atoms with Crippen LogP contribution in [-0.2, 0) is 4.79 Å². The summed E-state index contributed by atoms with van der Waals surface area (Å²) in [7, 11) is 0. The Morgan fingerprint density at radius 3 is 2.68 bits per heavy atom. The van der Waals surface area contributed by atoms with Crippen molar-refractivity contribution in [2.45, 2.75) is 11.8 Å². The summed E-state index contributed by atoms with van der Waals surface area (Å²) in [6, 6.07) is 19.7. The van der Waals surface area contributed by atoms with Crippen LogP contribution in [0.15, 0.2) is 70.0 Å². The zero-order chi connectivity index (χ0) is 17.6. The smallest absolute Gasteiger partial charge is 0.262 e. The number of carbonyl (C=O) groups is 1. The Morgan fingerprint density at radius 2 is 1.84 bits per heavy atom. The van der Waals surface area contributed by atoms with Gasteiger partial charge in [0.25, 0.3) is 5.91 Å². The van der Waals surface area contributed by atoms with Gasteiger partial charge in [-0.2, -0.15) is 0 Å². The van der Waals surface area contributed by atoms with Gasteiger partial charge in [-0.3, -0.25) is 4.79 Å². The van der Waals surface area contributed by atoms with Gasteiger partial charge in [-0.05, 0) is 50.7 Å². The molecule has 3 rings (SSSR count). The number of hydrogen-bond acceptors (Lipinski definition) is 3. The Labute approximate surface area is 159 Å². The van der Waals surface area contributed by atoms with Crippen LogP contribution in [0.25, 0.3) is 10.8 Å². The van der Waals surface area contributed by atoms with Crippen LogP contribution in [0.5, 0.6) is 5.75 Å². The lowest BCUT2D eigenvalue weighted by Gasteiger charge is -2.12. The van der Waals surface area contributed by atoms with Crippen molar-refractivity contribution < 1.29 is 9.53 Å². The molecule has 128 valence electrons. The molecule has 3 nitrogen and oxygen atoms in total. The van der Waals surface area contributed by atoms with E-state index in [-0.39, 0.29) is 12.5 Å². The minimum absolute atomic E-state index is 0.0396. The standard InChI is InChI=1S/C20H18BrNO2S/c1-2-25-18-10-6-5-9-16(18)22-19(23)13-24-17-12-11-14-7-3-4-8-15(14)20(17)21/h3-12H,2,13H2,1H3,(H,22,23). The number of thioether (sulfide) groups is 1. The summed E-state index contributed by atoms with van der Waals surface area (Å²) >= 11 is 5.27. The Hall–Kier alpha value is -1.98. The van der Waals surface area contributed by atoms with Crippen LogP contribution in [0.4, 0.5) is 5.69 Å². The molecule has 0 saturated carbocycles. The van der Waals surface area contributed by atoms with E-state index in [2.05, 4.69) is 28.2 Å². The number of para-hydroxylation sites is 1. The maximum atomic E-state index is 12.3. The maximum absolute atomic E-state index is 12.3. The number of fused-ring (bicyclic) bond motifs is 1. The molecule has 0 bridgehead atoms. The highest BCUT2D eigenvalue weighted by atomic mass is 79.9. The minimum Gasteiger partial charge on any atom is -0.483 e. The van der Waals surface area contributed by atoms with E-state index < -0.39 is 0 Å². The van der Waals surface area contributed by atoms with E-state index in [1.165, 1.54) is 0 Å². The second kappa shape index (κ2) is 8.41. The van der Waals surface area contributed by atoms with E-state index in [0.717, 1.165) is 31.6 Å². The fourth-order valence-corrected chi connectivity index (χ4v) is 3.87. The van der Waals surface area contributed by atoms with E-state index in [1.54, 1.807) is 11.8 Å². The fraction of sp³-hybridized carbons (Fsp3) is 0.150. The van der Waals surface area contributed by atoms with E-state index in [4.69, 9.17) is 4.74 Å². The number of carbonyl (C=O) groups excluding carboxylic acids is 1. The molecule has 0 aliphatic heterocycles. The summed E-state index contributed by atoms with van der Waals surface area (Å²) in [5, 5.41) is 5.10. The number of anilines is 1. The second-order valence-electron chi connectivity index (χ2n) is 5.36. The first-order chi connectivity index (χ1) is 12.2. The summed E-state index contributed by atoms with van der Waals surface area (Å²) in [6.07, 6.45) is 0. The van der Waals surface area contributed by atoms with Gasteiger partial charge in [0.1, 0.15) is 5.75 Å². The van der Waals surface area contributed by atoms with Crippen LogP contribution in [0.2, 0.25) is 0 Å². The van der Waals surface area contributed by atoms with Crippen molar-refractivity contribution in [3.63, 3.8) is 0 Å². The van der Waals surface area contributed by atoms with Gasteiger partial charge in [0.05, 0.1) is 10.2 Å². The third-order valence-electron chi connectivity index (χ3n) is 3.65. The SMILES string of the molecule is CCSc1ccccc1NC(=O)COc1ccc2ccccc2c1Br. The highest BCUT2D eigenvalue weighted by molar-refractivity contribution is 9.10. The van der Waals surface area contributed by atoms with Gasteiger partial charge < -0.3 is 10.1 Å². The number of benzene rings is 3. The second-order valence-corrected chi connectivity index (χ2v) is 7.46. The quantitative estimate of drug-likeness (QED) is 0.522. The number of nitrogens with one attached hydrogen (secondary N) is 1. The van der Waals surface area contributed by atoms with Gasteiger partial charge in [-0.1, -0.05) is 49.4 Å².